The molecular formula is C14H19N3O4. The van der Waals surface area contributed by atoms with Crippen LogP contribution < -0.4 is 4.90 Å². The average Bonchev–Trinajstić information content (AvgIpc) is 2.52. The fourth-order valence-electron chi connectivity index (χ4n) is 2.47. The second-order valence-electron chi connectivity index (χ2n) is 4.94. The summed E-state index contributed by atoms with van der Waals surface area (Å²) >= 11 is 0. The number of piperazine rings is 1. The summed E-state index contributed by atoms with van der Waals surface area (Å²) in [5, 5.41) is 19.8. The van der Waals surface area contributed by atoms with Gasteiger partial charge in [0.05, 0.1) is 4.92 Å². The number of para-hydroxylation sites is 2. The van der Waals surface area contributed by atoms with E-state index in [1.54, 1.807) is 23.1 Å². The van der Waals surface area contributed by atoms with E-state index in [1.165, 1.54) is 6.07 Å². The van der Waals surface area contributed by atoms with Crippen LogP contribution in [-0.4, -0.2) is 53.6 Å². The first-order valence-electron chi connectivity index (χ1n) is 7.00. The topological polar surface area (TPSA) is 86.9 Å². The van der Waals surface area contributed by atoms with Gasteiger partial charge >= 0.3 is 0 Å². The predicted octanol–water partition coefficient (Wildman–Crippen LogP) is 1.02. The summed E-state index contributed by atoms with van der Waals surface area (Å²) < 4.78 is 0. The SMILES string of the molecule is O=C(CCCO)N1CCN(c2ccccc2[N+](=O)[O-])CC1. The van der Waals surface area contributed by atoms with Crippen LogP contribution in [0.4, 0.5) is 11.4 Å². The lowest BCUT2D eigenvalue weighted by atomic mass is 10.2. The number of carbonyl (C=O) groups excluding carboxylic acids is 1. The molecule has 0 saturated carbocycles. The third-order valence-corrected chi connectivity index (χ3v) is 3.60. The van der Waals surface area contributed by atoms with Gasteiger partial charge in [0.1, 0.15) is 5.69 Å². The first-order chi connectivity index (χ1) is 10.1. The molecule has 2 rings (SSSR count). The van der Waals surface area contributed by atoms with Crippen molar-refractivity contribution in [1.29, 1.82) is 0 Å². The Kier molecular flexibility index (Phi) is 5.10. The molecule has 1 aliphatic rings. The summed E-state index contributed by atoms with van der Waals surface area (Å²) in [4.78, 5) is 26.2. The number of benzene rings is 1. The van der Waals surface area contributed by atoms with Gasteiger partial charge < -0.3 is 14.9 Å². The van der Waals surface area contributed by atoms with E-state index in [4.69, 9.17) is 5.11 Å². The molecule has 0 spiro atoms. The fraction of sp³-hybridized carbons (Fsp3) is 0.500. The number of aliphatic hydroxyl groups excluding tert-OH is 1. The molecule has 0 unspecified atom stereocenters. The van der Waals surface area contributed by atoms with Gasteiger partial charge in [-0.05, 0) is 12.5 Å². The molecule has 0 aliphatic carbocycles. The molecular weight excluding hydrogens is 274 g/mol. The minimum absolute atomic E-state index is 0.0158. The molecule has 0 radical (unpaired) electrons. The smallest absolute Gasteiger partial charge is 0.292 e. The van der Waals surface area contributed by atoms with Gasteiger partial charge in [-0.25, -0.2) is 0 Å². The molecule has 1 aliphatic heterocycles. The van der Waals surface area contributed by atoms with E-state index in [-0.39, 0.29) is 23.1 Å². The highest BCUT2D eigenvalue weighted by Gasteiger charge is 2.24. The first kappa shape index (κ1) is 15.2. The predicted molar refractivity (Wildman–Crippen MR) is 78.2 cm³/mol. The number of aliphatic hydroxyl groups is 1. The minimum atomic E-state index is -0.381. The van der Waals surface area contributed by atoms with Crippen LogP contribution in [0.15, 0.2) is 24.3 Å². The van der Waals surface area contributed by atoms with Crippen LogP contribution in [0.1, 0.15) is 12.8 Å². The van der Waals surface area contributed by atoms with Gasteiger partial charge in [0.15, 0.2) is 0 Å². The second kappa shape index (κ2) is 7.03. The van der Waals surface area contributed by atoms with Crippen molar-refractivity contribution in [2.75, 3.05) is 37.7 Å². The third kappa shape index (κ3) is 3.69. The highest BCUT2D eigenvalue weighted by Crippen LogP contribution is 2.28. The molecule has 1 aromatic carbocycles. The van der Waals surface area contributed by atoms with Gasteiger partial charge in [-0.2, -0.15) is 0 Å². The Morgan fingerprint density at radius 1 is 1.24 bits per heavy atom. The zero-order chi connectivity index (χ0) is 15.2. The molecule has 1 aromatic rings. The van der Waals surface area contributed by atoms with Crippen LogP contribution in [0.25, 0.3) is 0 Å². The molecule has 0 bridgehead atoms. The number of carbonyl (C=O) groups is 1. The van der Waals surface area contributed by atoms with Crippen LogP contribution in [0.5, 0.6) is 0 Å². The lowest BCUT2D eigenvalue weighted by Crippen LogP contribution is -2.48. The molecule has 21 heavy (non-hydrogen) atoms. The van der Waals surface area contributed by atoms with Gasteiger partial charge in [-0.1, -0.05) is 12.1 Å². The summed E-state index contributed by atoms with van der Waals surface area (Å²) in [5.41, 5.74) is 0.697. The van der Waals surface area contributed by atoms with Crippen molar-refractivity contribution < 1.29 is 14.8 Å². The molecule has 0 atom stereocenters. The highest BCUT2D eigenvalue weighted by atomic mass is 16.6. The molecule has 1 N–H and O–H groups in total. The van der Waals surface area contributed by atoms with Crippen molar-refractivity contribution in [2.45, 2.75) is 12.8 Å². The van der Waals surface area contributed by atoms with E-state index in [0.717, 1.165) is 0 Å². The van der Waals surface area contributed by atoms with Gasteiger partial charge in [0.2, 0.25) is 5.91 Å². The summed E-state index contributed by atoms with van der Waals surface area (Å²) in [7, 11) is 0. The Labute approximate surface area is 122 Å². The highest BCUT2D eigenvalue weighted by molar-refractivity contribution is 5.76. The Morgan fingerprint density at radius 2 is 1.90 bits per heavy atom. The second-order valence-corrected chi connectivity index (χ2v) is 4.94. The summed E-state index contributed by atoms with van der Waals surface area (Å²) in [5.74, 6) is 0.0336. The maximum absolute atomic E-state index is 11.9. The zero-order valence-corrected chi connectivity index (χ0v) is 11.8. The van der Waals surface area contributed by atoms with E-state index in [9.17, 15) is 14.9 Å². The number of hydrogen-bond donors (Lipinski definition) is 1. The largest absolute Gasteiger partial charge is 0.396 e. The average molecular weight is 293 g/mol. The number of amides is 1. The normalized spacial score (nSPS) is 15.1. The monoisotopic (exact) mass is 293 g/mol. The first-order valence-corrected chi connectivity index (χ1v) is 7.00. The van der Waals surface area contributed by atoms with Gasteiger partial charge in [0, 0.05) is 45.3 Å². The van der Waals surface area contributed by atoms with Crippen molar-refractivity contribution >= 4 is 17.3 Å². The quantitative estimate of drug-likeness (QED) is 0.647. The minimum Gasteiger partial charge on any atom is -0.396 e. The van der Waals surface area contributed by atoms with E-state index in [0.29, 0.717) is 44.7 Å². The van der Waals surface area contributed by atoms with Gasteiger partial charge in [-0.15, -0.1) is 0 Å². The van der Waals surface area contributed by atoms with Crippen LogP contribution >= 0.6 is 0 Å². The van der Waals surface area contributed by atoms with Crippen molar-refractivity contribution in [1.82, 2.24) is 4.90 Å². The Bertz CT molecular complexity index is 513. The van der Waals surface area contributed by atoms with E-state index in [2.05, 4.69) is 0 Å². The number of nitro groups is 1. The molecule has 0 aromatic heterocycles. The molecule has 1 saturated heterocycles. The number of anilines is 1. The molecule has 7 nitrogen and oxygen atoms in total. The van der Waals surface area contributed by atoms with E-state index in [1.807, 2.05) is 4.90 Å². The van der Waals surface area contributed by atoms with Crippen LogP contribution in [-0.2, 0) is 4.79 Å². The maximum atomic E-state index is 11.9. The molecule has 1 fully saturated rings. The maximum Gasteiger partial charge on any atom is 0.292 e. The zero-order valence-electron chi connectivity index (χ0n) is 11.8. The van der Waals surface area contributed by atoms with Crippen LogP contribution in [0, 0.1) is 10.1 Å². The number of nitro benzene ring substituents is 1. The van der Waals surface area contributed by atoms with Crippen molar-refractivity contribution in [2.24, 2.45) is 0 Å². The van der Waals surface area contributed by atoms with Crippen molar-refractivity contribution in [3.05, 3.63) is 34.4 Å². The fourth-order valence-corrected chi connectivity index (χ4v) is 2.47. The van der Waals surface area contributed by atoms with Gasteiger partial charge in [0.25, 0.3) is 5.69 Å². The van der Waals surface area contributed by atoms with Gasteiger partial charge in [-0.3, -0.25) is 14.9 Å². The van der Waals surface area contributed by atoms with E-state index < -0.39 is 0 Å². The molecule has 1 heterocycles. The summed E-state index contributed by atoms with van der Waals surface area (Å²) in [6.07, 6.45) is 0.825. The van der Waals surface area contributed by atoms with Crippen LogP contribution in [0.3, 0.4) is 0 Å². The number of rotatable bonds is 5. The Balaban J connectivity index is 1.98. The lowest BCUT2D eigenvalue weighted by molar-refractivity contribution is -0.384. The number of nitrogens with zero attached hydrogens (tertiary/aromatic N) is 3. The Morgan fingerprint density at radius 3 is 2.52 bits per heavy atom. The molecule has 1 amide bonds. The third-order valence-electron chi connectivity index (χ3n) is 3.60. The molecule has 7 heteroatoms. The van der Waals surface area contributed by atoms with Crippen molar-refractivity contribution in [3.63, 3.8) is 0 Å². The van der Waals surface area contributed by atoms with Crippen molar-refractivity contribution in [3.8, 4) is 0 Å². The summed E-state index contributed by atoms with van der Waals surface area (Å²) in [6.45, 7) is 2.28. The standard InChI is InChI=1S/C14H19N3O4/c18-11-3-6-14(19)16-9-7-15(8-10-16)12-4-1-2-5-13(12)17(20)21/h1-2,4-5,18H,3,6-11H2. The molecule has 114 valence electrons. The van der Waals surface area contributed by atoms with Crippen LogP contribution in [0.2, 0.25) is 0 Å². The van der Waals surface area contributed by atoms with E-state index >= 15 is 0 Å². The lowest BCUT2D eigenvalue weighted by Gasteiger charge is -2.35. The number of hydrogen-bond acceptors (Lipinski definition) is 5. The Hall–Kier alpha value is -2.15. The summed E-state index contributed by atoms with van der Waals surface area (Å²) in [6, 6.07) is 6.66.